The first-order chi connectivity index (χ1) is 12.7. The monoisotopic (exact) mass is 357 g/mol. The molecule has 8 nitrogen and oxygen atoms in total. The van der Waals surface area contributed by atoms with Crippen molar-refractivity contribution in [2.24, 2.45) is 0 Å². The predicted molar refractivity (Wildman–Crippen MR) is 102 cm³/mol. The lowest BCUT2D eigenvalue weighted by atomic mass is 10.2. The molecule has 1 aliphatic heterocycles. The van der Waals surface area contributed by atoms with E-state index in [1.807, 2.05) is 30.3 Å². The van der Waals surface area contributed by atoms with Gasteiger partial charge in [-0.25, -0.2) is 0 Å². The SMILES string of the molecule is COCCN1CCN(C(C)c2nc(N)nc(Nc3ccccc3)n2)CC1. The van der Waals surface area contributed by atoms with Crippen LogP contribution in [0.3, 0.4) is 0 Å². The Morgan fingerprint density at radius 2 is 1.85 bits per heavy atom. The number of nitrogens with one attached hydrogen (secondary N) is 1. The van der Waals surface area contributed by atoms with Gasteiger partial charge in [0.25, 0.3) is 0 Å². The zero-order valence-corrected chi connectivity index (χ0v) is 15.4. The van der Waals surface area contributed by atoms with Gasteiger partial charge in [0.05, 0.1) is 12.6 Å². The van der Waals surface area contributed by atoms with Crippen molar-refractivity contribution in [1.29, 1.82) is 0 Å². The molecular weight excluding hydrogens is 330 g/mol. The first-order valence-corrected chi connectivity index (χ1v) is 8.94. The molecule has 2 heterocycles. The van der Waals surface area contributed by atoms with Gasteiger partial charge < -0.3 is 15.8 Å². The first-order valence-electron chi connectivity index (χ1n) is 8.94. The second-order valence-corrected chi connectivity index (χ2v) is 6.41. The summed E-state index contributed by atoms with van der Waals surface area (Å²) in [6.07, 6.45) is 0. The molecule has 140 valence electrons. The molecule has 8 heteroatoms. The fourth-order valence-electron chi connectivity index (χ4n) is 3.06. The highest BCUT2D eigenvalue weighted by Gasteiger charge is 2.24. The molecule has 0 radical (unpaired) electrons. The van der Waals surface area contributed by atoms with E-state index in [1.165, 1.54) is 0 Å². The number of piperazine rings is 1. The van der Waals surface area contributed by atoms with Crippen LogP contribution in [0, 0.1) is 0 Å². The molecule has 3 rings (SSSR count). The summed E-state index contributed by atoms with van der Waals surface area (Å²) >= 11 is 0. The van der Waals surface area contributed by atoms with Crippen molar-refractivity contribution in [3.8, 4) is 0 Å². The minimum Gasteiger partial charge on any atom is -0.383 e. The third-order valence-corrected chi connectivity index (χ3v) is 4.64. The zero-order valence-electron chi connectivity index (χ0n) is 15.4. The van der Waals surface area contributed by atoms with Gasteiger partial charge in [-0.2, -0.15) is 15.0 Å². The highest BCUT2D eigenvalue weighted by atomic mass is 16.5. The average molecular weight is 357 g/mol. The molecule has 1 unspecified atom stereocenters. The lowest BCUT2D eigenvalue weighted by Gasteiger charge is -2.37. The maximum atomic E-state index is 5.91. The number of ether oxygens (including phenoxy) is 1. The van der Waals surface area contributed by atoms with Crippen LogP contribution in [0.15, 0.2) is 30.3 Å². The summed E-state index contributed by atoms with van der Waals surface area (Å²) in [7, 11) is 1.74. The number of nitrogens with zero attached hydrogens (tertiary/aromatic N) is 5. The van der Waals surface area contributed by atoms with Gasteiger partial charge in [0.1, 0.15) is 0 Å². The van der Waals surface area contributed by atoms with E-state index in [2.05, 4.69) is 37.0 Å². The summed E-state index contributed by atoms with van der Waals surface area (Å²) in [5, 5.41) is 3.19. The molecular formula is C18H27N7O. The van der Waals surface area contributed by atoms with Crippen LogP contribution in [0.1, 0.15) is 18.8 Å². The van der Waals surface area contributed by atoms with Gasteiger partial charge in [0.15, 0.2) is 5.82 Å². The molecule has 0 saturated carbocycles. The quantitative estimate of drug-likeness (QED) is 0.771. The summed E-state index contributed by atoms with van der Waals surface area (Å²) < 4.78 is 5.16. The number of rotatable bonds is 7. The van der Waals surface area contributed by atoms with Crippen molar-refractivity contribution in [3.63, 3.8) is 0 Å². The number of para-hydroxylation sites is 1. The standard InChI is InChI=1S/C18H27N7O/c1-14(25-10-8-24(9-11-25)12-13-26-2)16-21-17(19)23-18(22-16)20-15-6-4-3-5-7-15/h3-7,14H,8-13H2,1-2H3,(H3,19,20,21,22,23). The van der Waals surface area contributed by atoms with Gasteiger partial charge in [0.2, 0.25) is 11.9 Å². The molecule has 2 aromatic rings. The Labute approximate surface area is 154 Å². The minimum absolute atomic E-state index is 0.0844. The van der Waals surface area contributed by atoms with Crippen LogP contribution in [-0.4, -0.2) is 71.2 Å². The van der Waals surface area contributed by atoms with Crippen molar-refractivity contribution in [1.82, 2.24) is 24.8 Å². The van der Waals surface area contributed by atoms with E-state index in [9.17, 15) is 0 Å². The third-order valence-electron chi connectivity index (χ3n) is 4.64. The molecule has 0 bridgehead atoms. The van der Waals surface area contributed by atoms with E-state index < -0.39 is 0 Å². The van der Waals surface area contributed by atoms with Gasteiger partial charge in [-0.1, -0.05) is 18.2 Å². The predicted octanol–water partition coefficient (Wildman–Crippen LogP) is 1.52. The smallest absolute Gasteiger partial charge is 0.232 e. The molecule has 1 aromatic carbocycles. The number of nitrogen functional groups attached to an aromatic ring is 1. The molecule has 1 atom stereocenters. The average Bonchev–Trinajstić information content (AvgIpc) is 2.66. The molecule has 1 aromatic heterocycles. The van der Waals surface area contributed by atoms with Gasteiger partial charge in [-0.05, 0) is 19.1 Å². The Balaban J connectivity index is 1.65. The van der Waals surface area contributed by atoms with Gasteiger partial charge in [-0.3, -0.25) is 9.80 Å². The van der Waals surface area contributed by atoms with Gasteiger partial charge in [0, 0.05) is 45.5 Å². The van der Waals surface area contributed by atoms with Crippen molar-refractivity contribution in [2.45, 2.75) is 13.0 Å². The number of hydrogen-bond acceptors (Lipinski definition) is 8. The maximum absolute atomic E-state index is 5.91. The van der Waals surface area contributed by atoms with E-state index in [0.29, 0.717) is 11.8 Å². The normalized spacial score (nSPS) is 17.2. The van der Waals surface area contributed by atoms with Crippen LogP contribution in [-0.2, 0) is 4.74 Å². The Kier molecular flexibility index (Phi) is 6.32. The second-order valence-electron chi connectivity index (χ2n) is 6.41. The van der Waals surface area contributed by atoms with E-state index in [4.69, 9.17) is 10.5 Å². The second kappa shape index (κ2) is 8.88. The number of methoxy groups -OCH3 is 1. The molecule has 1 aliphatic rings. The Morgan fingerprint density at radius 3 is 2.54 bits per heavy atom. The number of aromatic nitrogens is 3. The molecule has 3 N–H and O–H groups in total. The number of nitrogens with two attached hydrogens (primary N) is 1. The zero-order chi connectivity index (χ0) is 18.4. The fourth-order valence-corrected chi connectivity index (χ4v) is 3.06. The summed E-state index contributed by atoms with van der Waals surface area (Å²) in [6.45, 7) is 7.84. The number of anilines is 3. The highest BCUT2D eigenvalue weighted by molar-refractivity contribution is 5.53. The third kappa shape index (κ3) is 4.87. The van der Waals surface area contributed by atoms with Crippen molar-refractivity contribution in [3.05, 3.63) is 36.2 Å². The molecule has 0 aliphatic carbocycles. The van der Waals surface area contributed by atoms with E-state index in [0.717, 1.165) is 45.0 Å². The number of hydrogen-bond donors (Lipinski definition) is 2. The molecule has 0 amide bonds. The lowest BCUT2D eigenvalue weighted by Crippen LogP contribution is -2.48. The van der Waals surface area contributed by atoms with Crippen molar-refractivity contribution < 1.29 is 4.74 Å². The minimum atomic E-state index is 0.0844. The Morgan fingerprint density at radius 1 is 1.12 bits per heavy atom. The molecule has 1 saturated heterocycles. The maximum Gasteiger partial charge on any atom is 0.232 e. The van der Waals surface area contributed by atoms with E-state index in [-0.39, 0.29) is 12.0 Å². The largest absolute Gasteiger partial charge is 0.383 e. The Hall–Kier alpha value is -2.29. The van der Waals surface area contributed by atoms with E-state index >= 15 is 0 Å². The van der Waals surface area contributed by atoms with Crippen LogP contribution >= 0.6 is 0 Å². The molecule has 26 heavy (non-hydrogen) atoms. The van der Waals surface area contributed by atoms with Crippen LogP contribution in [0.25, 0.3) is 0 Å². The summed E-state index contributed by atoms with van der Waals surface area (Å²) in [4.78, 5) is 17.9. The van der Waals surface area contributed by atoms with Crippen molar-refractivity contribution in [2.75, 3.05) is 57.5 Å². The number of benzene rings is 1. The van der Waals surface area contributed by atoms with Crippen LogP contribution in [0.4, 0.5) is 17.6 Å². The fraction of sp³-hybridized carbons (Fsp3) is 0.500. The first kappa shape index (κ1) is 18.5. The van der Waals surface area contributed by atoms with Gasteiger partial charge in [-0.15, -0.1) is 0 Å². The Bertz CT molecular complexity index is 689. The highest BCUT2D eigenvalue weighted by Crippen LogP contribution is 2.21. The van der Waals surface area contributed by atoms with Crippen LogP contribution in [0.2, 0.25) is 0 Å². The summed E-state index contributed by atoms with van der Waals surface area (Å²) in [6, 6.07) is 9.89. The molecule has 0 spiro atoms. The van der Waals surface area contributed by atoms with Gasteiger partial charge >= 0.3 is 0 Å². The van der Waals surface area contributed by atoms with E-state index in [1.54, 1.807) is 7.11 Å². The van der Waals surface area contributed by atoms with Crippen LogP contribution in [0.5, 0.6) is 0 Å². The van der Waals surface area contributed by atoms with Crippen LogP contribution < -0.4 is 11.1 Å². The topological polar surface area (TPSA) is 92.4 Å². The lowest BCUT2D eigenvalue weighted by molar-refractivity contribution is 0.0766. The summed E-state index contributed by atoms with van der Waals surface area (Å²) in [5.41, 5.74) is 6.83. The molecule has 1 fully saturated rings. The summed E-state index contributed by atoms with van der Waals surface area (Å²) in [5.74, 6) is 1.41. The van der Waals surface area contributed by atoms with Crippen molar-refractivity contribution >= 4 is 17.6 Å².